The highest BCUT2D eigenvalue weighted by molar-refractivity contribution is 6.39. The van der Waals surface area contributed by atoms with Gasteiger partial charge in [-0.25, -0.2) is 0 Å². The summed E-state index contributed by atoms with van der Waals surface area (Å²) in [6, 6.07) is 0. The largest absolute Gasteiger partial charge is 0.272 e. The first kappa shape index (κ1) is 8.30. The predicted molar refractivity (Wildman–Crippen MR) is 41.7 cm³/mol. The molecule has 11 heavy (non-hydrogen) atoms. The monoisotopic (exact) mass is 189 g/mol. The van der Waals surface area contributed by atoms with Gasteiger partial charge in [0, 0.05) is 12.4 Å². The van der Waals surface area contributed by atoms with Gasteiger partial charge in [-0.1, -0.05) is 23.2 Å². The molecule has 57 valence electrons. The van der Waals surface area contributed by atoms with Crippen LogP contribution in [-0.4, -0.2) is 10.9 Å². The molecule has 0 aliphatic rings. The van der Waals surface area contributed by atoms with Crippen LogP contribution in [0.5, 0.6) is 0 Å². The van der Waals surface area contributed by atoms with Crippen molar-refractivity contribution < 1.29 is 4.79 Å². The van der Waals surface area contributed by atoms with Crippen LogP contribution < -0.4 is 5.73 Å². The summed E-state index contributed by atoms with van der Waals surface area (Å²) in [4.78, 5) is 14.2. The highest BCUT2D eigenvalue weighted by atomic mass is 35.5. The van der Waals surface area contributed by atoms with E-state index in [0.29, 0.717) is 0 Å². The number of nitrogens with one attached hydrogen (secondary N) is 1. The maximum absolute atomic E-state index is 10.6. The van der Waals surface area contributed by atoms with E-state index < -0.39 is 5.91 Å². The molecule has 1 N–H and O–H groups in total. The summed E-state index contributed by atoms with van der Waals surface area (Å²) in [7, 11) is 0. The number of hydrogen-bond acceptors (Lipinski definition) is 2. The van der Waals surface area contributed by atoms with Crippen LogP contribution >= 0.6 is 23.2 Å². The zero-order valence-electron chi connectivity index (χ0n) is 5.27. The topological polar surface area (TPSA) is 53.8 Å². The van der Waals surface area contributed by atoms with Crippen molar-refractivity contribution in [3.05, 3.63) is 28.0 Å². The maximum atomic E-state index is 10.6. The van der Waals surface area contributed by atoms with Gasteiger partial charge in [-0.3, -0.25) is 15.5 Å². The van der Waals surface area contributed by atoms with Gasteiger partial charge >= 0.3 is 0 Å². The first-order chi connectivity index (χ1) is 5.13. The van der Waals surface area contributed by atoms with Crippen LogP contribution in [0.25, 0.3) is 0 Å². The third-order valence-corrected chi connectivity index (χ3v) is 1.65. The Labute approximate surface area is 73.1 Å². The van der Waals surface area contributed by atoms with Gasteiger partial charge in [-0.15, -0.1) is 0 Å². The van der Waals surface area contributed by atoms with Crippen molar-refractivity contribution in [1.29, 1.82) is 0 Å². The van der Waals surface area contributed by atoms with Crippen molar-refractivity contribution in [3.63, 3.8) is 0 Å². The summed E-state index contributed by atoms with van der Waals surface area (Å²) in [5.41, 5.74) is 6.77. The standard InChI is InChI=1S/C6H3Cl2N2O/c7-3-1-10-2-4(8)5(3)6(9)11/h1-2,9H. The van der Waals surface area contributed by atoms with Crippen molar-refractivity contribution in [2.45, 2.75) is 0 Å². The van der Waals surface area contributed by atoms with Crippen LogP contribution in [0.4, 0.5) is 0 Å². The van der Waals surface area contributed by atoms with Crippen molar-refractivity contribution in [2.24, 2.45) is 0 Å². The second kappa shape index (κ2) is 3.07. The molecule has 3 nitrogen and oxygen atoms in total. The van der Waals surface area contributed by atoms with Gasteiger partial charge < -0.3 is 0 Å². The summed E-state index contributed by atoms with van der Waals surface area (Å²) in [6.07, 6.45) is 2.55. The molecule has 0 bridgehead atoms. The Hall–Kier alpha value is -0.800. The van der Waals surface area contributed by atoms with Crippen LogP contribution in [0, 0.1) is 0 Å². The van der Waals surface area contributed by atoms with E-state index >= 15 is 0 Å². The summed E-state index contributed by atoms with van der Waals surface area (Å²) < 4.78 is 0. The molecular formula is C6H3Cl2N2O. The zero-order valence-corrected chi connectivity index (χ0v) is 6.78. The first-order valence-electron chi connectivity index (χ1n) is 2.68. The van der Waals surface area contributed by atoms with Crippen LogP contribution in [0.1, 0.15) is 10.4 Å². The quantitative estimate of drug-likeness (QED) is 0.677. The molecule has 1 aromatic heterocycles. The van der Waals surface area contributed by atoms with E-state index in [1.165, 1.54) is 12.4 Å². The average Bonchev–Trinajstić information content (AvgIpc) is 1.85. The molecule has 0 saturated carbocycles. The van der Waals surface area contributed by atoms with Crippen LogP contribution in [0.3, 0.4) is 0 Å². The molecule has 0 aromatic carbocycles. The molecular weight excluding hydrogens is 187 g/mol. The SMILES string of the molecule is [NH]C(=O)c1c(Cl)cncc1Cl. The smallest absolute Gasteiger partial charge is 0.267 e. The normalized spacial score (nSPS) is 9.64. The fourth-order valence-corrected chi connectivity index (χ4v) is 1.16. The Morgan fingerprint density at radius 1 is 1.36 bits per heavy atom. The minimum absolute atomic E-state index is 0.00309. The molecule has 0 fully saturated rings. The van der Waals surface area contributed by atoms with Crippen LogP contribution in [0.15, 0.2) is 12.4 Å². The van der Waals surface area contributed by atoms with E-state index in [1.807, 2.05) is 0 Å². The molecule has 0 saturated heterocycles. The van der Waals surface area contributed by atoms with Gasteiger partial charge in [0.15, 0.2) is 0 Å². The van der Waals surface area contributed by atoms with Crippen molar-refractivity contribution >= 4 is 29.1 Å². The van der Waals surface area contributed by atoms with Crippen molar-refractivity contribution in [3.8, 4) is 0 Å². The predicted octanol–water partition coefficient (Wildman–Crippen LogP) is 1.81. The number of carbonyl (C=O) groups is 1. The molecule has 1 heterocycles. The Morgan fingerprint density at radius 3 is 2.09 bits per heavy atom. The second-order valence-electron chi connectivity index (χ2n) is 1.81. The summed E-state index contributed by atoms with van der Waals surface area (Å²) in [6.45, 7) is 0. The molecule has 0 spiro atoms. The molecule has 5 heteroatoms. The van der Waals surface area contributed by atoms with Gasteiger partial charge in [0.1, 0.15) is 0 Å². The second-order valence-corrected chi connectivity index (χ2v) is 2.62. The first-order valence-corrected chi connectivity index (χ1v) is 3.43. The summed E-state index contributed by atoms with van der Waals surface area (Å²) >= 11 is 11.1. The number of nitrogens with zero attached hydrogens (tertiary/aromatic N) is 1. The minimum atomic E-state index is -0.901. The number of hydrogen-bond donors (Lipinski definition) is 0. The van der Waals surface area contributed by atoms with Crippen molar-refractivity contribution in [2.75, 3.05) is 0 Å². The molecule has 0 atom stereocenters. The lowest BCUT2D eigenvalue weighted by atomic mass is 10.2. The lowest BCUT2D eigenvalue weighted by Gasteiger charge is -1.98. The molecule has 1 aromatic rings. The molecule has 1 amide bonds. The summed E-state index contributed by atoms with van der Waals surface area (Å²) in [5, 5.41) is 0.218. The van der Waals surface area contributed by atoms with Gasteiger partial charge in [0.25, 0.3) is 5.91 Å². The minimum Gasteiger partial charge on any atom is -0.267 e. The van der Waals surface area contributed by atoms with Gasteiger partial charge in [-0.2, -0.15) is 0 Å². The molecule has 0 unspecified atom stereocenters. The average molecular weight is 190 g/mol. The van der Waals surface area contributed by atoms with E-state index in [0.717, 1.165) is 0 Å². The Bertz CT molecular complexity index is 280. The number of carbonyl (C=O) groups excluding carboxylic acids is 1. The molecule has 1 radical (unpaired) electrons. The van der Waals surface area contributed by atoms with E-state index in [-0.39, 0.29) is 15.6 Å². The van der Waals surface area contributed by atoms with E-state index in [4.69, 9.17) is 28.9 Å². The third-order valence-electron chi connectivity index (χ3n) is 1.08. The highest BCUT2D eigenvalue weighted by Gasteiger charge is 2.11. The van der Waals surface area contributed by atoms with Gasteiger partial charge in [0.05, 0.1) is 15.6 Å². The van der Waals surface area contributed by atoms with Gasteiger partial charge in [-0.05, 0) is 0 Å². The van der Waals surface area contributed by atoms with Crippen LogP contribution in [0.2, 0.25) is 10.0 Å². The maximum Gasteiger partial charge on any atom is 0.272 e. The number of aromatic nitrogens is 1. The van der Waals surface area contributed by atoms with Gasteiger partial charge in [0.2, 0.25) is 0 Å². The number of rotatable bonds is 1. The number of amides is 1. The van der Waals surface area contributed by atoms with Crippen molar-refractivity contribution in [1.82, 2.24) is 10.7 Å². The fourth-order valence-electron chi connectivity index (χ4n) is 0.628. The van der Waals surface area contributed by atoms with E-state index in [9.17, 15) is 4.79 Å². The van der Waals surface area contributed by atoms with E-state index in [1.54, 1.807) is 0 Å². The Balaban J connectivity index is 3.32. The Kier molecular flexibility index (Phi) is 2.31. The third kappa shape index (κ3) is 1.61. The molecule has 0 aliphatic heterocycles. The van der Waals surface area contributed by atoms with E-state index in [2.05, 4.69) is 4.98 Å². The Morgan fingerprint density at radius 2 is 1.82 bits per heavy atom. The zero-order chi connectivity index (χ0) is 8.43. The molecule has 1 rings (SSSR count). The highest BCUT2D eigenvalue weighted by Crippen LogP contribution is 2.21. The van der Waals surface area contributed by atoms with Crippen LogP contribution in [-0.2, 0) is 0 Å². The lowest BCUT2D eigenvalue weighted by molar-refractivity contribution is 0.0992. The molecule has 0 aliphatic carbocycles. The summed E-state index contributed by atoms with van der Waals surface area (Å²) in [5.74, 6) is -0.901. The fraction of sp³-hybridized carbons (Fsp3) is 0. The lowest BCUT2D eigenvalue weighted by Crippen LogP contribution is -2.01. The number of pyridine rings is 1. The number of halogens is 2.